The molecule has 1 aliphatic rings. The van der Waals surface area contributed by atoms with E-state index in [0.29, 0.717) is 35.8 Å². The van der Waals surface area contributed by atoms with Crippen LogP contribution in [0.25, 0.3) is 0 Å². The Morgan fingerprint density at radius 1 is 1.07 bits per heavy atom. The number of hydrogen-bond acceptors (Lipinski definition) is 8. The highest BCUT2D eigenvalue weighted by Gasteiger charge is 2.17. The third-order valence-electron chi connectivity index (χ3n) is 4.34. The van der Waals surface area contributed by atoms with E-state index in [4.69, 9.17) is 14.2 Å². The fourth-order valence-electron chi connectivity index (χ4n) is 2.83. The van der Waals surface area contributed by atoms with Crippen LogP contribution in [0.2, 0.25) is 0 Å². The van der Waals surface area contributed by atoms with Crippen LogP contribution in [-0.4, -0.2) is 36.6 Å². The van der Waals surface area contributed by atoms with E-state index in [-0.39, 0.29) is 12.4 Å². The number of thiazole rings is 1. The number of carbonyl (C=O) groups excluding carboxylic acids is 2. The maximum Gasteiger partial charge on any atom is 0.338 e. The number of carbonyl (C=O) groups is 2. The lowest BCUT2D eigenvalue weighted by Gasteiger charge is -2.18. The monoisotopic (exact) mass is 441 g/mol. The van der Waals surface area contributed by atoms with Crippen LogP contribution in [0.3, 0.4) is 0 Å². The van der Waals surface area contributed by atoms with Crippen molar-refractivity contribution in [3.05, 3.63) is 69.7 Å². The third kappa shape index (κ3) is 5.01. The molecule has 0 atom stereocenters. The smallest absolute Gasteiger partial charge is 0.338 e. The molecule has 0 amide bonds. The normalized spacial score (nSPS) is 12.4. The SMILES string of the molecule is Cc1nc(CSc2ccc(C(=O)OCC(=O)c3ccc4c(c3)OCCO4)cc2)cs1. The number of fused-ring (bicyclic) bond motifs is 1. The molecule has 0 radical (unpaired) electrons. The van der Waals surface area contributed by atoms with Crippen molar-refractivity contribution in [2.75, 3.05) is 19.8 Å². The number of esters is 1. The molecule has 0 aliphatic carbocycles. The van der Waals surface area contributed by atoms with Crippen molar-refractivity contribution in [3.8, 4) is 11.5 Å². The highest BCUT2D eigenvalue weighted by Crippen LogP contribution is 2.31. The van der Waals surface area contributed by atoms with Gasteiger partial charge in [0.1, 0.15) is 13.2 Å². The molecule has 0 saturated heterocycles. The first-order valence-electron chi connectivity index (χ1n) is 9.32. The van der Waals surface area contributed by atoms with E-state index in [2.05, 4.69) is 4.98 Å². The van der Waals surface area contributed by atoms with Crippen LogP contribution in [0, 0.1) is 6.92 Å². The Bertz CT molecular complexity index is 1060. The van der Waals surface area contributed by atoms with E-state index in [1.807, 2.05) is 24.4 Å². The average Bonchev–Trinajstić information content (AvgIpc) is 3.21. The van der Waals surface area contributed by atoms with Crippen LogP contribution < -0.4 is 9.47 Å². The summed E-state index contributed by atoms with van der Waals surface area (Å²) < 4.78 is 16.1. The molecule has 8 heteroatoms. The van der Waals surface area contributed by atoms with E-state index in [9.17, 15) is 9.59 Å². The third-order valence-corrected chi connectivity index (χ3v) is 6.21. The first kappa shape index (κ1) is 20.4. The van der Waals surface area contributed by atoms with Gasteiger partial charge in [0.25, 0.3) is 0 Å². The zero-order valence-corrected chi connectivity index (χ0v) is 17.9. The number of ether oxygens (including phenoxy) is 3. The number of aromatic nitrogens is 1. The minimum absolute atomic E-state index is 0.300. The molecule has 1 aliphatic heterocycles. The largest absolute Gasteiger partial charge is 0.486 e. The highest BCUT2D eigenvalue weighted by molar-refractivity contribution is 7.98. The standard InChI is InChI=1S/C22H19NO5S2/c1-14-23-17(12-29-14)13-30-18-5-2-15(3-6-18)22(25)28-11-19(24)16-4-7-20-21(10-16)27-9-8-26-20/h2-7,10,12H,8-9,11,13H2,1H3. The van der Waals surface area contributed by atoms with Crippen LogP contribution in [0.4, 0.5) is 0 Å². The lowest BCUT2D eigenvalue weighted by molar-refractivity contribution is 0.0474. The molecular weight excluding hydrogens is 422 g/mol. The molecule has 0 fully saturated rings. The maximum absolute atomic E-state index is 12.4. The van der Waals surface area contributed by atoms with Crippen LogP contribution in [0.15, 0.2) is 52.7 Å². The molecule has 0 bridgehead atoms. The van der Waals surface area contributed by atoms with E-state index in [0.717, 1.165) is 21.3 Å². The van der Waals surface area contributed by atoms with Crippen molar-refractivity contribution in [2.45, 2.75) is 17.6 Å². The van der Waals surface area contributed by atoms with Gasteiger partial charge in [0.15, 0.2) is 23.9 Å². The van der Waals surface area contributed by atoms with Crippen molar-refractivity contribution in [1.29, 1.82) is 0 Å². The second-order valence-corrected chi connectivity index (χ2v) is 8.64. The fraction of sp³-hybridized carbons (Fsp3) is 0.227. The molecule has 2 aromatic carbocycles. The van der Waals surface area contributed by atoms with Crippen molar-refractivity contribution < 1.29 is 23.8 Å². The Hall–Kier alpha value is -2.84. The average molecular weight is 442 g/mol. The van der Waals surface area contributed by atoms with Gasteiger partial charge in [-0.3, -0.25) is 4.79 Å². The van der Waals surface area contributed by atoms with Gasteiger partial charge >= 0.3 is 5.97 Å². The summed E-state index contributed by atoms with van der Waals surface area (Å²) in [7, 11) is 0. The quantitative estimate of drug-likeness (QED) is 0.302. The number of rotatable bonds is 7. The summed E-state index contributed by atoms with van der Waals surface area (Å²) in [4.78, 5) is 30.1. The van der Waals surface area contributed by atoms with Crippen molar-refractivity contribution in [3.63, 3.8) is 0 Å². The number of benzene rings is 2. The zero-order valence-electron chi connectivity index (χ0n) is 16.3. The summed E-state index contributed by atoms with van der Waals surface area (Å²) in [6, 6.07) is 12.1. The summed E-state index contributed by atoms with van der Waals surface area (Å²) in [5.74, 6) is 1.08. The Labute approximate surface area is 182 Å². The van der Waals surface area contributed by atoms with Crippen LogP contribution in [-0.2, 0) is 10.5 Å². The van der Waals surface area contributed by atoms with Gasteiger partial charge in [0, 0.05) is 21.6 Å². The molecule has 4 rings (SSSR count). The van der Waals surface area contributed by atoms with Gasteiger partial charge in [-0.05, 0) is 49.4 Å². The summed E-state index contributed by atoms with van der Waals surface area (Å²) >= 11 is 3.28. The number of nitrogens with zero attached hydrogens (tertiary/aromatic N) is 1. The minimum Gasteiger partial charge on any atom is -0.486 e. The predicted octanol–water partition coefficient (Wildman–Crippen LogP) is 4.55. The Morgan fingerprint density at radius 3 is 2.53 bits per heavy atom. The van der Waals surface area contributed by atoms with E-state index >= 15 is 0 Å². The number of ketones is 1. The Morgan fingerprint density at radius 2 is 1.80 bits per heavy atom. The van der Waals surface area contributed by atoms with Gasteiger partial charge in [-0.2, -0.15) is 0 Å². The molecule has 0 N–H and O–H groups in total. The van der Waals surface area contributed by atoms with E-state index < -0.39 is 5.97 Å². The topological polar surface area (TPSA) is 74.7 Å². The van der Waals surface area contributed by atoms with Crippen LogP contribution in [0.1, 0.15) is 31.4 Å². The van der Waals surface area contributed by atoms with Crippen molar-refractivity contribution in [1.82, 2.24) is 4.98 Å². The molecule has 3 aromatic rings. The molecule has 0 unspecified atom stereocenters. The first-order chi connectivity index (χ1) is 14.6. The minimum atomic E-state index is -0.535. The van der Waals surface area contributed by atoms with Crippen molar-refractivity contribution >= 4 is 34.9 Å². The zero-order chi connectivity index (χ0) is 20.9. The molecule has 2 heterocycles. The van der Waals surface area contributed by atoms with Gasteiger partial charge in [0.2, 0.25) is 0 Å². The van der Waals surface area contributed by atoms with Crippen molar-refractivity contribution in [2.24, 2.45) is 0 Å². The lowest BCUT2D eigenvalue weighted by atomic mass is 10.1. The van der Waals surface area contributed by atoms with Crippen LogP contribution >= 0.6 is 23.1 Å². The molecule has 0 saturated carbocycles. The van der Waals surface area contributed by atoms with Gasteiger partial charge in [-0.15, -0.1) is 23.1 Å². The maximum atomic E-state index is 12.4. The summed E-state index contributed by atoms with van der Waals surface area (Å²) in [5, 5.41) is 3.10. The molecule has 0 spiro atoms. The van der Waals surface area contributed by atoms with Gasteiger partial charge < -0.3 is 14.2 Å². The summed E-state index contributed by atoms with van der Waals surface area (Å²) in [6.07, 6.45) is 0. The fourth-order valence-corrected chi connectivity index (χ4v) is 4.34. The molecular formula is C22H19NO5S2. The second kappa shape index (κ2) is 9.32. The number of Topliss-reactive ketones (excluding diaryl/α,β-unsaturated/α-hetero) is 1. The Balaban J connectivity index is 1.29. The molecule has 154 valence electrons. The lowest BCUT2D eigenvalue weighted by Crippen LogP contribution is -2.17. The van der Waals surface area contributed by atoms with Gasteiger partial charge in [-0.25, -0.2) is 9.78 Å². The first-order valence-corrected chi connectivity index (χ1v) is 11.2. The van der Waals surface area contributed by atoms with E-state index in [1.54, 1.807) is 53.4 Å². The Kier molecular flexibility index (Phi) is 6.35. The molecule has 1 aromatic heterocycles. The number of aryl methyl sites for hydroxylation is 1. The molecule has 6 nitrogen and oxygen atoms in total. The predicted molar refractivity (Wildman–Crippen MR) is 115 cm³/mol. The highest BCUT2D eigenvalue weighted by atomic mass is 32.2. The number of thioether (sulfide) groups is 1. The van der Waals surface area contributed by atoms with Gasteiger partial charge in [0.05, 0.1) is 16.3 Å². The second-order valence-electron chi connectivity index (χ2n) is 6.53. The van der Waals surface area contributed by atoms with E-state index in [1.165, 1.54) is 0 Å². The summed E-state index contributed by atoms with van der Waals surface area (Å²) in [5.41, 5.74) is 1.86. The number of hydrogen-bond donors (Lipinski definition) is 0. The van der Waals surface area contributed by atoms with Gasteiger partial charge in [-0.1, -0.05) is 0 Å². The van der Waals surface area contributed by atoms with Crippen LogP contribution in [0.5, 0.6) is 11.5 Å². The molecule has 30 heavy (non-hydrogen) atoms. The summed E-state index contributed by atoms with van der Waals surface area (Å²) in [6.45, 7) is 2.58.